The van der Waals surface area contributed by atoms with E-state index in [0.29, 0.717) is 128 Å². The van der Waals surface area contributed by atoms with Crippen molar-refractivity contribution in [3.63, 3.8) is 0 Å². The summed E-state index contributed by atoms with van der Waals surface area (Å²) in [7, 11) is 4.02. The average molecular weight is 2030 g/mol. The van der Waals surface area contributed by atoms with E-state index in [1.807, 2.05) is 0 Å². The summed E-state index contributed by atoms with van der Waals surface area (Å²) in [6, 6.07) is 7.96. The minimum atomic E-state index is -1.02. The van der Waals surface area contributed by atoms with Crippen molar-refractivity contribution in [1.29, 1.82) is 0 Å². The first-order valence-corrected chi connectivity index (χ1v) is 54.6. The molecule has 31 heteroatoms. The smallest absolute Gasteiger partial charge is 0.339 e. The van der Waals surface area contributed by atoms with Crippen molar-refractivity contribution in [3.05, 3.63) is 69.8 Å². The van der Waals surface area contributed by atoms with Crippen LogP contribution in [0.1, 0.15) is 454 Å². The fourth-order valence-corrected chi connectivity index (χ4v) is 16.7. The van der Waals surface area contributed by atoms with Crippen molar-refractivity contribution in [1.82, 2.24) is 0 Å². The number of hydrogen-bond donors (Lipinski definition) is 5. The maximum Gasteiger partial charge on any atom is 0.339 e. The lowest BCUT2D eigenvalue weighted by Crippen LogP contribution is -2.36. The third-order valence-corrected chi connectivity index (χ3v) is 24.8. The monoisotopic (exact) mass is 2030 g/mol. The Labute approximate surface area is 857 Å². The molecule has 0 aromatic heterocycles. The van der Waals surface area contributed by atoms with E-state index < -0.39 is 140 Å². The molecule has 0 saturated heterocycles. The predicted molar refractivity (Wildman–Crippen MR) is 550 cm³/mol. The van der Waals surface area contributed by atoms with Crippen molar-refractivity contribution in [3.8, 4) is 0 Å². The molecule has 2 rings (SSSR count). The van der Waals surface area contributed by atoms with Gasteiger partial charge in [0.05, 0.1) is 182 Å². The summed E-state index contributed by atoms with van der Waals surface area (Å²) in [5.74, 6) is -5.86. The van der Waals surface area contributed by atoms with Crippen LogP contribution in [-0.4, -0.2) is 270 Å². The third kappa shape index (κ3) is 64.2. The first-order chi connectivity index (χ1) is 68.6. The molecule has 0 saturated carbocycles. The fourth-order valence-electron chi connectivity index (χ4n) is 16.7. The van der Waals surface area contributed by atoms with Gasteiger partial charge in [-0.2, -0.15) is 0 Å². The molecule has 0 bridgehead atoms. The van der Waals surface area contributed by atoms with Crippen LogP contribution in [0, 0.1) is 5.92 Å². The molecule has 0 aliphatic heterocycles. The molecule has 826 valence electrons. The Balaban J connectivity index is 2.87. The molecule has 0 heterocycles. The van der Waals surface area contributed by atoms with Gasteiger partial charge in [0.1, 0.15) is 42.7 Å². The van der Waals surface area contributed by atoms with Crippen LogP contribution in [-0.2, 0) is 94.9 Å². The number of unbranched alkanes of at least 4 members (excludes halogenated alkanes) is 26. The zero-order chi connectivity index (χ0) is 106. The van der Waals surface area contributed by atoms with Gasteiger partial charge in [0, 0.05) is 19.3 Å². The Morgan fingerprint density at radius 2 is 0.483 bits per heavy atom. The zero-order valence-electron chi connectivity index (χ0n) is 90.8. The number of benzene rings is 2. The van der Waals surface area contributed by atoms with Crippen molar-refractivity contribution < 1.29 is 149 Å². The van der Waals surface area contributed by atoms with E-state index in [1.165, 1.54) is 57.7 Å². The number of carbonyl (C=O) groups excluding carboxylic acids is 9. The Morgan fingerprint density at radius 1 is 0.238 bits per heavy atom. The largest absolute Gasteiger partial charge is 0.469 e. The summed E-state index contributed by atoms with van der Waals surface area (Å²) in [6.07, 6.45) is 19.5. The molecule has 0 spiro atoms. The minimum absolute atomic E-state index is 0.00810. The summed E-state index contributed by atoms with van der Waals surface area (Å²) >= 11 is 0. The van der Waals surface area contributed by atoms with Crippen LogP contribution >= 0.6 is 0 Å². The number of carbonyl (C=O) groups is 9. The maximum atomic E-state index is 15.4. The van der Waals surface area contributed by atoms with Crippen LogP contribution in [0.2, 0.25) is 0 Å². The van der Waals surface area contributed by atoms with E-state index in [9.17, 15) is 59.1 Å². The van der Waals surface area contributed by atoms with Crippen molar-refractivity contribution in [2.75, 3.05) is 87.4 Å². The van der Waals surface area contributed by atoms with Gasteiger partial charge in [-0.1, -0.05) is 221 Å². The molecule has 0 aliphatic rings. The predicted octanol–water partition coefficient (Wildman–Crippen LogP) is 21.0. The lowest BCUT2D eigenvalue weighted by Gasteiger charge is -2.29. The van der Waals surface area contributed by atoms with E-state index in [2.05, 4.69) is 41.5 Å². The Hall–Kier alpha value is -6.85. The maximum absolute atomic E-state index is 15.4. The highest BCUT2D eigenvalue weighted by Gasteiger charge is 2.36. The SMILES string of the molecule is CCCCCCCC(OC(=O)c1ccc(C(=O)OC(C)COCC(COCC(C)OC(=O)c2ccc(C(=O)OC(CCCCCCC)C(CCCCCCC(C)C)OCC(C)O)cc2C(=O)OC(CCCCCCC)C(CCCCC(=O)OC)OCC(C)O)OCC(C)OCC(C)O)c(C(=O)OC(CCCCCCC)C(CCCCCCC(=O)OC)OCC(C)O)c1)C(CCCCCCC(=O)OC)OCC(C)O. The van der Waals surface area contributed by atoms with Gasteiger partial charge in [0.2, 0.25) is 0 Å². The minimum Gasteiger partial charge on any atom is -0.469 e. The molecular formula is C112H192O31. The van der Waals surface area contributed by atoms with Gasteiger partial charge in [-0.25, -0.2) is 28.8 Å². The molecule has 2 aromatic carbocycles. The number of esters is 9. The van der Waals surface area contributed by atoms with Gasteiger partial charge in [-0.3, -0.25) is 14.4 Å². The second kappa shape index (κ2) is 83.0. The van der Waals surface area contributed by atoms with Gasteiger partial charge in [0.15, 0.2) is 0 Å². The first kappa shape index (κ1) is 132. The van der Waals surface area contributed by atoms with Crippen LogP contribution < -0.4 is 0 Å². The zero-order valence-corrected chi connectivity index (χ0v) is 90.8. The summed E-state index contributed by atoms with van der Waals surface area (Å²) in [6.45, 7) is 24.8. The Morgan fingerprint density at radius 3 is 0.762 bits per heavy atom. The summed E-state index contributed by atoms with van der Waals surface area (Å²) in [4.78, 5) is 127. The van der Waals surface area contributed by atoms with Crippen LogP contribution in [0.15, 0.2) is 36.4 Å². The quantitative estimate of drug-likeness (QED) is 0.0233. The van der Waals surface area contributed by atoms with E-state index in [-0.39, 0.29) is 137 Å². The van der Waals surface area contributed by atoms with Crippen LogP contribution in [0.25, 0.3) is 0 Å². The molecule has 0 aliphatic carbocycles. The molecule has 0 fully saturated rings. The second-order valence-electron chi connectivity index (χ2n) is 39.7. The van der Waals surface area contributed by atoms with Crippen molar-refractivity contribution >= 4 is 53.7 Å². The summed E-state index contributed by atoms with van der Waals surface area (Å²) in [5, 5.41) is 52.4. The molecule has 17 unspecified atom stereocenters. The number of rotatable bonds is 92. The summed E-state index contributed by atoms with van der Waals surface area (Å²) in [5.41, 5.74) is -1.24. The second-order valence-corrected chi connectivity index (χ2v) is 39.7. The standard InChI is InChI=1S/C112H192O31/c1-18-22-26-30-44-57-100(96(134-71-82(8)114)53-41-35-34-40-52-80(5)6)140-107(121)90-65-67-93(95(69-90)112(126)143-103(60-47-33-29-25-21-4)99(137-74-85(11)117)56-50-51-63-106(120)129-17)110(124)139-88(14)76-131-79-91(133-77-86(12)132-70-81(7)113)78-130-75-87(13)138-109(123)92-66-64-89(108(122)141-101(58-45-31-27-23-19-2)97(135-72-83(9)115)54-42-36-38-48-61-104(118)127-15)68-94(92)111(125)142-102(59-46-32-28-24-20-3)98(136-73-84(10)116)55-43-37-39-49-62-105(119)128-16/h64-69,80-88,91,96-103,113-117H,18-63,70-79H2,1-17H3. The van der Waals surface area contributed by atoms with Gasteiger partial charge in [0.25, 0.3) is 0 Å². The highest BCUT2D eigenvalue weighted by atomic mass is 16.6. The van der Waals surface area contributed by atoms with Gasteiger partial charge >= 0.3 is 53.7 Å². The Bertz CT molecular complexity index is 3640. The molecule has 0 amide bonds. The van der Waals surface area contributed by atoms with Crippen LogP contribution in [0.5, 0.6) is 0 Å². The Kier molecular flexibility index (Phi) is 76.8. The average Bonchev–Trinajstić information content (AvgIpc) is 0.808. The molecule has 2 aromatic rings. The first-order valence-electron chi connectivity index (χ1n) is 54.6. The fraction of sp³-hybridized carbons (Fsp3) is 0.812. The normalized spacial score (nSPS) is 15.3. The highest BCUT2D eigenvalue weighted by molar-refractivity contribution is 6.06. The van der Waals surface area contributed by atoms with E-state index in [4.69, 9.17) is 80.5 Å². The highest BCUT2D eigenvalue weighted by Crippen LogP contribution is 2.31. The van der Waals surface area contributed by atoms with E-state index in [1.54, 1.807) is 55.4 Å². The van der Waals surface area contributed by atoms with E-state index >= 15 is 9.59 Å². The van der Waals surface area contributed by atoms with E-state index in [0.717, 1.165) is 154 Å². The van der Waals surface area contributed by atoms with Crippen LogP contribution in [0.4, 0.5) is 0 Å². The number of ether oxygens (including phenoxy) is 17. The topological polar surface area (TPSA) is 412 Å². The van der Waals surface area contributed by atoms with Gasteiger partial charge < -0.3 is 106 Å². The molecule has 5 N–H and O–H groups in total. The number of aliphatic hydroxyl groups is 5. The van der Waals surface area contributed by atoms with Crippen molar-refractivity contribution in [2.45, 2.75) is 496 Å². The van der Waals surface area contributed by atoms with Crippen LogP contribution in [0.3, 0.4) is 0 Å². The third-order valence-electron chi connectivity index (χ3n) is 24.8. The molecule has 143 heavy (non-hydrogen) atoms. The molecule has 0 radical (unpaired) electrons. The van der Waals surface area contributed by atoms with Gasteiger partial charge in [-0.05, 0) is 194 Å². The number of methoxy groups -OCH3 is 3. The molecule has 31 nitrogen and oxygen atoms in total. The number of aliphatic hydroxyl groups excluding tert-OH is 5. The lowest BCUT2D eigenvalue weighted by molar-refractivity contribution is -0.141. The van der Waals surface area contributed by atoms with Gasteiger partial charge in [-0.15, -0.1) is 0 Å². The molecular weight excluding hydrogens is 1840 g/mol. The number of hydrogen-bond acceptors (Lipinski definition) is 31. The summed E-state index contributed by atoms with van der Waals surface area (Å²) < 4.78 is 103. The molecule has 17 atom stereocenters. The van der Waals surface area contributed by atoms with Crippen molar-refractivity contribution in [2.24, 2.45) is 5.92 Å². The lowest BCUT2D eigenvalue weighted by atomic mass is 9.98.